The quantitative estimate of drug-likeness (QED) is 0.683. The minimum Gasteiger partial charge on any atom is -0.408 e. The van der Waals surface area contributed by atoms with Crippen molar-refractivity contribution in [1.82, 2.24) is 10.2 Å². The first kappa shape index (κ1) is 15.9. The van der Waals surface area contributed by atoms with Gasteiger partial charge in [-0.15, -0.1) is 5.10 Å². The molecule has 0 amide bonds. The number of nitrogens with one attached hydrogen (secondary N) is 1. The van der Waals surface area contributed by atoms with Gasteiger partial charge in [0.15, 0.2) is 0 Å². The molecule has 0 spiro atoms. The Morgan fingerprint density at radius 3 is 2.56 bits per heavy atom. The summed E-state index contributed by atoms with van der Waals surface area (Å²) in [6, 6.07) is 19.4. The minimum atomic E-state index is 0.512. The van der Waals surface area contributed by atoms with Crippen molar-refractivity contribution in [3.05, 3.63) is 66.1 Å². The predicted octanol–water partition coefficient (Wildman–Crippen LogP) is 5.08. The predicted molar refractivity (Wildman–Crippen MR) is 99.2 cm³/mol. The maximum Gasteiger partial charge on any atom is 0.315 e. The number of aromatic nitrogens is 2. The minimum absolute atomic E-state index is 0.512. The second kappa shape index (κ2) is 7.51. The maximum absolute atomic E-state index is 5.75. The number of rotatable bonds is 6. The molecule has 0 radical (unpaired) electrons. The zero-order valence-corrected chi connectivity index (χ0v) is 14.3. The lowest BCUT2D eigenvalue weighted by atomic mass is 10.0. The molecule has 1 aliphatic rings. The maximum atomic E-state index is 5.75. The van der Waals surface area contributed by atoms with Crippen LogP contribution in [0.4, 0.5) is 6.01 Å². The van der Waals surface area contributed by atoms with Crippen LogP contribution in [0.5, 0.6) is 0 Å². The molecule has 4 rings (SSSR count). The van der Waals surface area contributed by atoms with Gasteiger partial charge in [-0.05, 0) is 41.5 Å². The first-order valence-electron chi connectivity index (χ1n) is 9.07. The van der Waals surface area contributed by atoms with Crippen molar-refractivity contribution in [3.8, 4) is 11.1 Å². The van der Waals surface area contributed by atoms with Crippen LogP contribution < -0.4 is 5.32 Å². The van der Waals surface area contributed by atoms with Crippen LogP contribution in [0.25, 0.3) is 11.1 Å². The van der Waals surface area contributed by atoms with Crippen molar-refractivity contribution >= 4 is 6.01 Å². The van der Waals surface area contributed by atoms with E-state index in [2.05, 4.69) is 64.0 Å². The summed E-state index contributed by atoms with van der Waals surface area (Å²) in [5, 5.41) is 11.5. The molecule has 1 aromatic heterocycles. The van der Waals surface area contributed by atoms with Gasteiger partial charge < -0.3 is 9.73 Å². The summed E-state index contributed by atoms with van der Waals surface area (Å²) in [5.74, 6) is 1.48. The number of hydrogen-bond donors (Lipinski definition) is 1. The topological polar surface area (TPSA) is 51.0 Å². The summed E-state index contributed by atoms with van der Waals surface area (Å²) < 4.78 is 5.75. The van der Waals surface area contributed by atoms with Gasteiger partial charge in [-0.2, -0.15) is 0 Å². The fraction of sp³-hybridized carbons (Fsp3) is 0.333. The Morgan fingerprint density at radius 2 is 1.72 bits per heavy atom. The molecule has 4 heteroatoms. The first-order valence-corrected chi connectivity index (χ1v) is 9.07. The molecule has 128 valence electrons. The number of hydrogen-bond acceptors (Lipinski definition) is 4. The van der Waals surface area contributed by atoms with E-state index in [1.165, 1.54) is 42.4 Å². The summed E-state index contributed by atoms with van der Waals surface area (Å²) in [4.78, 5) is 0. The Morgan fingerprint density at radius 1 is 0.920 bits per heavy atom. The Kier molecular flexibility index (Phi) is 4.77. The lowest BCUT2D eigenvalue weighted by Gasteiger charge is -2.06. The molecular weight excluding hydrogens is 310 g/mol. The van der Waals surface area contributed by atoms with Gasteiger partial charge in [-0.25, -0.2) is 0 Å². The molecule has 0 unspecified atom stereocenters. The summed E-state index contributed by atoms with van der Waals surface area (Å²) in [6.45, 7) is 0.672. The smallest absolute Gasteiger partial charge is 0.315 e. The van der Waals surface area contributed by atoms with Gasteiger partial charge in [0, 0.05) is 13.0 Å². The molecule has 0 aliphatic heterocycles. The van der Waals surface area contributed by atoms with E-state index in [1.54, 1.807) is 0 Å². The SMILES string of the molecule is c1ccc(-c2cccc(CNc3nnc(CC4CCCC4)o3)c2)cc1. The highest BCUT2D eigenvalue weighted by Gasteiger charge is 2.18. The third kappa shape index (κ3) is 4.08. The van der Waals surface area contributed by atoms with E-state index in [-0.39, 0.29) is 0 Å². The van der Waals surface area contributed by atoms with Gasteiger partial charge in [0.25, 0.3) is 0 Å². The van der Waals surface area contributed by atoms with E-state index in [0.717, 1.165) is 18.2 Å². The second-order valence-corrected chi connectivity index (χ2v) is 6.78. The van der Waals surface area contributed by atoms with Gasteiger partial charge >= 0.3 is 6.01 Å². The van der Waals surface area contributed by atoms with E-state index < -0.39 is 0 Å². The van der Waals surface area contributed by atoms with E-state index >= 15 is 0 Å². The molecule has 0 atom stereocenters. The van der Waals surface area contributed by atoms with Crippen molar-refractivity contribution in [2.75, 3.05) is 5.32 Å². The number of nitrogens with zero attached hydrogens (tertiary/aromatic N) is 2. The zero-order chi connectivity index (χ0) is 16.9. The monoisotopic (exact) mass is 333 g/mol. The largest absolute Gasteiger partial charge is 0.408 e. The molecule has 1 fully saturated rings. The van der Waals surface area contributed by atoms with E-state index in [4.69, 9.17) is 4.42 Å². The van der Waals surface area contributed by atoms with Crippen molar-refractivity contribution in [2.45, 2.75) is 38.6 Å². The summed E-state index contributed by atoms with van der Waals surface area (Å²) in [5.41, 5.74) is 3.63. The average molecular weight is 333 g/mol. The van der Waals surface area contributed by atoms with Crippen molar-refractivity contribution in [3.63, 3.8) is 0 Å². The van der Waals surface area contributed by atoms with E-state index in [0.29, 0.717) is 12.6 Å². The van der Waals surface area contributed by atoms with E-state index in [1.807, 2.05) is 6.07 Å². The van der Waals surface area contributed by atoms with Crippen LogP contribution in [-0.4, -0.2) is 10.2 Å². The molecule has 3 aromatic rings. The molecule has 4 nitrogen and oxygen atoms in total. The van der Waals surface area contributed by atoms with Gasteiger partial charge in [-0.3, -0.25) is 0 Å². The second-order valence-electron chi connectivity index (χ2n) is 6.78. The van der Waals surface area contributed by atoms with Crippen LogP contribution in [0.15, 0.2) is 59.0 Å². The molecule has 0 bridgehead atoms. The molecule has 1 saturated carbocycles. The van der Waals surface area contributed by atoms with Crippen molar-refractivity contribution in [2.24, 2.45) is 5.92 Å². The fourth-order valence-electron chi connectivity index (χ4n) is 3.54. The van der Waals surface area contributed by atoms with Crippen LogP contribution in [0.1, 0.15) is 37.1 Å². The zero-order valence-electron chi connectivity index (χ0n) is 14.3. The average Bonchev–Trinajstić information content (AvgIpc) is 3.33. The molecule has 25 heavy (non-hydrogen) atoms. The lowest BCUT2D eigenvalue weighted by molar-refractivity contribution is 0.437. The van der Waals surface area contributed by atoms with Gasteiger partial charge in [0.1, 0.15) is 0 Å². The van der Waals surface area contributed by atoms with Crippen LogP contribution in [0, 0.1) is 5.92 Å². The van der Waals surface area contributed by atoms with Gasteiger partial charge in [0.2, 0.25) is 5.89 Å². The van der Waals surface area contributed by atoms with Crippen molar-refractivity contribution in [1.29, 1.82) is 0 Å². The highest BCUT2D eigenvalue weighted by atomic mass is 16.4. The van der Waals surface area contributed by atoms with Crippen LogP contribution in [0.2, 0.25) is 0 Å². The van der Waals surface area contributed by atoms with E-state index in [9.17, 15) is 0 Å². The molecule has 2 aromatic carbocycles. The highest BCUT2D eigenvalue weighted by Crippen LogP contribution is 2.28. The summed E-state index contributed by atoms with van der Waals surface area (Å²) >= 11 is 0. The standard InChI is InChI=1S/C21H23N3O/c1-2-10-18(11-3-1)19-12-6-9-17(13-19)15-22-21-24-23-20(25-21)14-16-7-4-5-8-16/h1-3,6,9-13,16H,4-5,7-8,14-15H2,(H,22,24). The Hall–Kier alpha value is -2.62. The lowest BCUT2D eigenvalue weighted by Crippen LogP contribution is -2.00. The normalized spacial score (nSPS) is 14.7. The molecule has 1 aliphatic carbocycles. The van der Waals surface area contributed by atoms with Crippen LogP contribution >= 0.6 is 0 Å². The molecule has 1 N–H and O–H groups in total. The molecule has 1 heterocycles. The Bertz CT molecular complexity index is 807. The van der Waals surface area contributed by atoms with Crippen LogP contribution in [0.3, 0.4) is 0 Å². The third-order valence-corrected chi connectivity index (χ3v) is 4.88. The van der Waals surface area contributed by atoms with Crippen LogP contribution in [-0.2, 0) is 13.0 Å². The first-order chi connectivity index (χ1) is 12.4. The molecular formula is C21H23N3O. The summed E-state index contributed by atoms with van der Waals surface area (Å²) in [7, 11) is 0. The molecule has 0 saturated heterocycles. The Labute approximate surface area is 148 Å². The number of anilines is 1. The van der Waals surface area contributed by atoms with Gasteiger partial charge in [-0.1, -0.05) is 66.5 Å². The number of benzene rings is 2. The summed E-state index contributed by atoms with van der Waals surface area (Å²) in [6.07, 6.45) is 6.16. The van der Waals surface area contributed by atoms with Crippen molar-refractivity contribution < 1.29 is 4.42 Å². The Balaban J connectivity index is 1.37. The van der Waals surface area contributed by atoms with Gasteiger partial charge in [0.05, 0.1) is 0 Å². The fourth-order valence-corrected chi connectivity index (χ4v) is 3.54. The highest BCUT2D eigenvalue weighted by molar-refractivity contribution is 5.64. The third-order valence-electron chi connectivity index (χ3n) is 4.88.